The minimum Gasteiger partial charge on any atom is -0.342 e. The Hall–Kier alpha value is -0.530. The van der Waals surface area contributed by atoms with Crippen LogP contribution in [0.3, 0.4) is 0 Å². The Morgan fingerprint density at radius 1 is 1.07 bits per heavy atom. The highest BCUT2D eigenvalue weighted by molar-refractivity contribution is 5.83. The molecule has 1 heterocycles. The van der Waals surface area contributed by atoms with Gasteiger partial charge in [0.1, 0.15) is 0 Å². The Morgan fingerprint density at radius 3 is 2.20 bits per heavy atom. The summed E-state index contributed by atoms with van der Waals surface area (Å²) in [6.45, 7) is 8.63. The molecule has 1 aliphatic heterocycles. The van der Waals surface area contributed by atoms with E-state index >= 15 is 0 Å². The molecule has 0 radical (unpaired) electrons. The number of amides is 1. The van der Waals surface area contributed by atoms with Crippen molar-refractivity contribution >= 4 is 5.91 Å². The van der Waals surface area contributed by atoms with Gasteiger partial charge in [0.2, 0.25) is 5.91 Å². The molecule has 1 aliphatic carbocycles. The molecule has 0 aromatic carbocycles. The molecule has 0 spiro atoms. The number of hydrogen-bond donors (Lipinski definition) is 0. The number of likely N-dealkylation sites (tertiary alicyclic amines) is 1. The van der Waals surface area contributed by atoms with Gasteiger partial charge in [0.25, 0.3) is 0 Å². The number of carbonyl (C=O) groups is 1. The number of nitrogens with zero attached hydrogens (tertiary/aromatic N) is 1. The van der Waals surface area contributed by atoms with Crippen molar-refractivity contribution in [3.63, 3.8) is 0 Å². The fourth-order valence-electron chi connectivity index (χ4n) is 2.90. The van der Waals surface area contributed by atoms with Crippen LogP contribution in [0.5, 0.6) is 0 Å². The number of piperidine rings is 1. The minimum atomic E-state index is -0.00653. The van der Waals surface area contributed by atoms with Crippen molar-refractivity contribution < 1.29 is 4.79 Å². The lowest BCUT2D eigenvalue weighted by atomic mass is 9.69. The summed E-state index contributed by atoms with van der Waals surface area (Å²) >= 11 is 0. The van der Waals surface area contributed by atoms with Crippen LogP contribution in [-0.2, 0) is 4.79 Å². The monoisotopic (exact) mass is 209 g/mol. The van der Waals surface area contributed by atoms with Crippen LogP contribution < -0.4 is 0 Å². The van der Waals surface area contributed by atoms with Gasteiger partial charge in [0, 0.05) is 18.5 Å². The van der Waals surface area contributed by atoms with E-state index in [4.69, 9.17) is 0 Å². The molecule has 0 atom stereocenters. The lowest BCUT2D eigenvalue weighted by Gasteiger charge is -2.45. The molecule has 0 aromatic rings. The largest absolute Gasteiger partial charge is 0.342 e. The van der Waals surface area contributed by atoms with E-state index in [1.165, 1.54) is 19.3 Å². The van der Waals surface area contributed by atoms with Crippen LogP contribution in [0.4, 0.5) is 0 Å². The third kappa shape index (κ3) is 2.04. The summed E-state index contributed by atoms with van der Waals surface area (Å²) in [6, 6.07) is 0. The Morgan fingerprint density at radius 2 is 1.73 bits per heavy atom. The van der Waals surface area contributed by atoms with Crippen LogP contribution in [-0.4, -0.2) is 23.9 Å². The molecule has 2 rings (SSSR count). The van der Waals surface area contributed by atoms with Gasteiger partial charge in [-0.3, -0.25) is 4.79 Å². The minimum absolute atomic E-state index is 0.00653. The first kappa shape index (κ1) is 11.0. The van der Waals surface area contributed by atoms with E-state index in [9.17, 15) is 4.79 Å². The first-order valence-electron chi connectivity index (χ1n) is 6.22. The molecular weight excluding hydrogens is 186 g/mol. The Labute approximate surface area is 93.0 Å². The molecule has 1 saturated carbocycles. The third-order valence-electron chi connectivity index (χ3n) is 4.16. The van der Waals surface area contributed by atoms with E-state index in [1.54, 1.807) is 0 Å². The van der Waals surface area contributed by atoms with E-state index in [-0.39, 0.29) is 5.41 Å². The van der Waals surface area contributed by atoms with Crippen molar-refractivity contribution in [3.05, 3.63) is 0 Å². The van der Waals surface area contributed by atoms with Gasteiger partial charge in [-0.15, -0.1) is 0 Å². The van der Waals surface area contributed by atoms with Gasteiger partial charge < -0.3 is 4.90 Å². The van der Waals surface area contributed by atoms with Crippen molar-refractivity contribution in [2.45, 2.75) is 52.9 Å². The maximum atomic E-state index is 12.3. The summed E-state index contributed by atoms with van der Waals surface area (Å²) in [4.78, 5) is 14.4. The number of hydrogen-bond acceptors (Lipinski definition) is 1. The second-order valence-electron chi connectivity index (χ2n) is 6.41. The van der Waals surface area contributed by atoms with E-state index in [0.717, 1.165) is 25.9 Å². The SMILES string of the molecule is CC1(C)CCCN(C(=O)C2(C)CCC2)C1. The molecule has 2 fully saturated rings. The fourth-order valence-corrected chi connectivity index (χ4v) is 2.90. The summed E-state index contributed by atoms with van der Waals surface area (Å²) < 4.78 is 0. The summed E-state index contributed by atoms with van der Waals surface area (Å²) in [6.07, 6.45) is 5.87. The number of rotatable bonds is 1. The zero-order valence-electron chi connectivity index (χ0n) is 10.3. The number of carbonyl (C=O) groups excluding carboxylic acids is 1. The van der Waals surface area contributed by atoms with Gasteiger partial charge in [-0.25, -0.2) is 0 Å². The summed E-state index contributed by atoms with van der Waals surface area (Å²) in [5, 5.41) is 0. The zero-order valence-corrected chi connectivity index (χ0v) is 10.3. The lowest BCUT2D eigenvalue weighted by molar-refractivity contribution is -0.149. The predicted octanol–water partition coefficient (Wildman–Crippen LogP) is 2.83. The van der Waals surface area contributed by atoms with Crippen molar-refractivity contribution in [3.8, 4) is 0 Å². The predicted molar refractivity (Wildman–Crippen MR) is 61.6 cm³/mol. The molecule has 0 bridgehead atoms. The summed E-state index contributed by atoms with van der Waals surface area (Å²) in [5.74, 6) is 0.418. The van der Waals surface area contributed by atoms with Crippen LogP contribution in [0.15, 0.2) is 0 Å². The Kier molecular flexibility index (Phi) is 2.56. The summed E-state index contributed by atoms with van der Waals surface area (Å²) in [7, 11) is 0. The smallest absolute Gasteiger partial charge is 0.228 e. The van der Waals surface area contributed by atoms with Gasteiger partial charge in [0.05, 0.1) is 0 Å². The van der Waals surface area contributed by atoms with E-state index in [1.807, 2.05) is 0 Å². The van der Waals surface area contributed by atoms with E-state index < -0.39 is 0 Å². The first-order chi connectivity index (χ1) is 6.93. The molecule has 0 N–H and O–H groups in total. The molecule has 1 amide bonds. The van der Waals surface area contributed by atoms with Crippen molar-refractivity contribution in [2.24, 2.45) is 10.8 Å². The van der Waals surface area contributed by atoms with Crippen molar-refractivity contribution in [1.82, 2.24) is 4.90 Å². The Bertz CT molecular complexity index is 266. The van der Waals surface area contributed by atoms with E-state index in [2.05, 4.69) is 25.7 Å². The topological polar surface area (TPSA) is 20.3 Å². The second kappa shape index (κ2) is 3.50. The van der Waals surface area contributed by atoms with Crippen molar-refractivity contribution in [2.75, 3.05) is 13.1 Å². The van der Waals surface area contributed by atoms with E-state index in [0.29, 0.717) is 11.3 Å². The molecule has 86 valence electrons. The zero-order chi connectivity index (χ0) is 11.1. The van der Waals surface area contributed by atoms with Crippen LogP contribution in [0.25, 0.3) is 0 Å². The molecule has 1 saturated heterocycles. The van der Waals surface area contributed by atoms with Gasteiger partial charge in [-0.05, 0) is 31.1 Å². The quantitative estimate of drug-likeness (QED) is 0.650. The van der Waals surface area contributed by atoms with Gasteiger partial charge >= 0.3 is 0 Å². The van der Waals surface area contributed by atoms with Gasteiger partial charge in [0.15, 0.2) is 0 Å². The normalized spacial score (nSPS) is 28.3. The highest BCUT2D eigenvalue weighted by atomic mass is 16.2. The first-order valence-corrected chi connectivity index (χ1v) is 6.22. The third-order valence-corrected chi connectivity index (χ3v) is 4.16. The van der Waals surface area contributed by atoms with Crippen molar-refractivity contribution in [1.29, 1.82) is 0 Å². The molecule has 0 aromatic heterocycles. The average molecular weight is 209 g/mol. The molecule has 15 heavy (non-hydrogen) atoms. The highest BCUT2D eigenvalue weighted by Crippen LogP contribution is 2.43. The van der Waals surface area contributed by atoms with Crippen LogP contribution in [0, 0.1) is 10.8 Å². The van der Waals surface area contributed by atoms with Crippen LogP contribution in [0.1, 0.15) is 52.9 Å². The fraction of sp³-hybridized carbons (Fsp3) is 0.923. The molecule has 0 unspecified atom stereocenters. The standard InChI is InChI=1S/C13H23NO/c1-12(2)6-5-9-14(10-12)11(15)13(3)7-4-8-13/h4-10H2,1-3H3. The molecule has 2 nitrogen and oxygen atoms in total. The molecule has 2 heteroatoms. The second-order valence-corrected chi connectivity index (χ2v) is 6.41. The maximum Gasteiger partial charge on any atom is 0.228 e. The maximum absolute atomic E-state index is 12.3. The molecule has 2 aliphatic rings. The van der Waals surface area contributed by atoms with Gasteiger partial charge in [-0.1, -0.05) is 27.2 Å². The van der Waals surface area contributed by atoms with Gasteiger partial charge in [-0.2, -0.15) is 0 Å². The average Bonchev–Trinajstić information content (AvgIpc) is 2.11. The Balaban J connectivity index is 2.01. The highest BCUT2D eigenvalue weighted by Gasteiger charge is 2.43. The van der Waals surface area contributed by atoms with Crippen LogP contribution >= 0.6 is 0 Å². The molecular formula is C13H23NO. The lowest BCUT2D eigenvalue weighted by Crippen LogP contribution is -2.51. The van der Waals surface area contributed by atoms with Crippen LogP contribution in [0.2, 0.25) is 0 Å². The summed E-state index contributed by atoms with van der Waals surface area (Å²) in [5.41, 5.74) is 0.321.